The highest BCUT2D eigenvalue weighted by Crippen LogP contribution is 2.28. The van der Waals surface area contributed by atoms with Crippen LogP contribution < -0.4 is 4.31 Å². The molecule has 0 radical (unpaired) electrons. The first-order valence-corrected chi connectivity index (χ1v) is 9.00. The van der Waals surface area contributed by atoms with E-state index in [2.05, 4.69) is 0 Å². The van der Waals surface area contributed by atoms with Gasteiger partial charge in [0.15, 0.2) is 0 Å². The predicted molar refractivity (Wildman–Crippen MR) is 91.2 cm³/mol. The standard InChI is InChI=1S/C17H16FNO6S/c18-12-7-9-13(10-8-12)26(24,25)19(11-3-6-16(20)21)15-5-2-1-4-14(15)17(22)23/h1-2,4-5,7-10H,3,6,11H2,(H,20,21)(H,22,23). The molecule has 0 spiro atoms. The first-order valence-electron chi connectivity index (χ1n) is 7.56. The van der Waals surface area contributed by atoms with E-state index in [1.165, 1.54) is 24.3 Å². The largest absolute Gasteiger partial charge is 0.481 e. The highest BCUT2D eigenvalue weighted by atomic mass is 32.2. The smallest absolute Gasteiger partial charge is 0.337 e. The van der Waals surface area contributed by atoms with Gasteiger partial charge in [0.2, 0.25) is 0 Å². The number of halogens is 1. The molecule has 2 N–H and O–H groups in total. The van der Waals surface area contributed by atoms with Crippen LogP contribution in [0.1, 0.15) is 23.2 Å². The molecule has 0 unspecified atom stereocenters. The van der Waals surface area contributed by atoms with Gasteiger partial charge in [-0.25, -0.2) is 17.6 Å². The van der Waals surface area contributed by atoms with Gasteiger partial charge in [-0.1, -0.05) is 12.1 Å². The van der Waals surface area contributed by atoms with E-state index in [0.717, 1.165) is 28.6 Å². The average molecular weight is 381 g/mol. The fourth-order valence-electron chi connectivity index (χ4n) is 2.35. The summed E-state index contributed by atoms with van der Waals surface area (Å²) in [6, 6.07) is 9.60. The maximum absolute atomic E-state index is 13.1. The number of anilines is 1. The minimum Gasteiger partial charge on any atom is -0.481 e. The molecule has 0 aliphatic carbocycles. The lowest BCUT2D eigenvalue weighted by atomic mass is 10.1. The van der Waals surface area contributed by atoms with Gasteiger partial charge in [0, 0.05) is 13.0 Å². The van der Waals surface area contributed by atoms with Gasteiger partial charge in [-0.3, -0.25) is 9.10 Å². The van der Waals surface area contributed by atoms with Gasteiger partial charge in [-0.05, 0) is 42.8 Å². The molecule has 0 aliphatic rings. The second-order valence-electron chi connectivity index (χ2n) is 5.35. The molecule has 0 aliphatic heterocycles. The second-order valence-corrected chi connectivity index (χ2v) is 7.21. The summed E-state index contributed by atoms with van der Waals surface area (Å²) < 4.78 is 39.9. The van der Waals surface area contributed by atoms with Crippen LogP contribution in [0.3, 0.4) is 0 Å². The first kappa shape index (κ1) is 19.4. The summed E-state index contributed by atoms with van der Waals surface area (Å²) in [6.07, 6.45) is -0.311. The Balaban J connectivity index is 2.52. The highest BCUT2D eigenvalue weighted by Gasteiger charge is 2.28. The van der Waals surface area contributed by atoms with Gasteiger partial charge in [0.25, 0.3) is 10.0 Å². The van der Waals surface area contributed by atoms with Crippen molar-refractivity contribution in [2.75, 3.05) is 10.8 Å². The van der Waals surface area contributed by atoms with E-state index >= 15 is 0 Å². The summed E-state index contributed by atoms with van der Waals surface area (Å²) in [4.78, 5) is 22.0. The van der Waals surface area contributed by atoms with Crippen LogP contribution in [0.5, 0.6) is 0 Å². The number of aliphatic carboxylic acids is 1. The third kappa shape index (κ3) is 4.37. The maximum Gasteiger partial charge on any atom is 0.337 e. The van der Waals surface area contributed by atoms with E-state index in [1.807, 2.05) is 0 Å². The van der Waals surface area contributed by atoms with Crippen molar-refractivity contribution in [3.63, 3.8) is 0 Å². The van der Waals surface area contributed by atoms with Crippen molar-refractivity contribution < 1.29 is 32.6 Å². The molecule has 7 nitrogen and oxygen atoms in total. The molecule has 0 saturated heterocycles. The number of sulfonamides is 1. The summed E-state index contributed by atoms with van der Waals surface area (Å²) in [5.74, 6) is -3.04. The SMILES string of the molecule is O=C(O)CCCN(c1ccccc1C(=O)O)S(=O)(=O)c1ccc(F)cc1. The van der Waals surface area contributed by atoms with Crippen molar-refractivity contribution in [3.05, 3.63) is 59.9 Å². The summed E-state index contributed by atoms with van der Waals surface area (Å²) in [7, 11) is -4.21. The van der Waals surface area contributed by atoms with Crippen LogP contribution in [-0.4, -0.2) is 37.1 Å². The Morgan fingerprint density at radius 2 is 1.62 bits per heavy atom. The van der Waals surface area contributed by atoms with Crippen molar-refractivity contribution >= 4 is 27.6 Å². The van der Waals surface area contributed by atoms with Crippen LogP contribution in [0.15, 0.2) is 53.4 Å². The highest BCUT2D eigenvalue weighted by molar-refractivity contribution is 7.92. The van der Waals surface area contributed by atoms with Gasteiger partial charge in [-0.2, -0.15) is 0 Å². The van der Waals surface area contributed by atoms with Crippen molar-refractivity contribution in [2.24, 2.45) is 0 Å². The minimum atomic E-state index is -4.21. The van der Waals surface area contributed by atoms with Gasteiger partial charge in [0.05, 0.1) is 16.1 Å². The molecule has 0 fully saturated rings. The third-order valence-electron chi connectivity index (χ3n) is 3.56. The number of carboxylic acid groups (broad SMARTS) is 2. The maximum atomic E-state index is 13.1. The Morgan fingerprint density at radius 3 is 2.19 bits per heavy atom. The zero-order valence-corrected chi connectivity index (χ0v) is 14.3. The Labute approximate surface area is 149 Å². The van der Waals surface area contributed by atoms with Gasteiger partial charge in [0.1, 0.15) is 5.82 Å². The molecule has 2 rings (SSSR count). The molecule has 0 amide bonds. The molecule has 0 saturated carbocycles. The molecule has 26 heavy (non-hydrogen) atoms. The quantitative estimate of drug-likeness (QED) is 0.727. The molecule has 0 heterocycles. The lowest BCUT2D eigenvalue weighted by Crippen LogP contribution is -2.33. The number of para-hydroxylation sites is 1. The lowest BCUT2D eigenvalue weighted by Gasteiger charge is -2.25. The first-order chi connectivity index (χ1) is 12.2. The van der Waals surface area contributed by atoms with Crippen molar-refractivity contribution in [1.29, 1.82) is 0 Å². The Kier molecular flexibility index (Phi) is 5.93. The Hall–Kier alpha value is -2.94. The number of carbonyl (C=O) groups is 2. The van der Waals surface area contributed by atoms with E-state index in [4.69, 9.17) is 5.11 Å². The van der Waals surface area contributed by atoms with Gasteiger partial charge in [-0.15, -0.1) is 0 Å². The summed E-state index contributed by atoms with van der Waals surface area (Å²) in [5, 5.41) is 18.1. The molecule has 9 heteroatoms. The van der Waals surface area contributed by atoms with E-state index in [1.54, 1.807) is 0 Å². The average Bonchev–Trinajstić information content (AvgIpc) is 2.58. The van der Waals surface area contributed by atoms with E-state index in [0.29, 0.717) is 0 Å². The van der Waals surface area contributed by atoms with Crippen molar-refractivity contribution in [1.82, 2.24) is 0 Å². The van der Waals surface area contributed by atoms with Crippen LogP contribution in [-0.2, 0) is 14.8 Å². The number of aromatic carboxylic acids is 1. The molecule has 2 aromatic carbocycles. The number of nitrogens with zero attached hydrogens (tertiary/aromatic N) is 1. The molecule has 0 bridgehead atoms. The van der Waals surface area contributed by atoms with Crippen LogP contribution in [0.2, 0.25) is 0 Å². The molecular weight excluding hydrogens is 365 g/mol. The van der Waals surface area contributed by atoms with Crippen molar-refractivity contribution in [2.45, 2.75) is 17.7 Å². The lowest BCUT2D eigenvalue weighted by molar-refractivity contribution is -0.137. The number of hydrogen-bond acceptors (Lipinski definition) is 4. The number of carboxylic acids is 2. The monoisotopic (exact) mass is 381 g/mol. The zero-order valence-electron chi connectivity index (χ0n) is 13.5. The molecular formula is C17H16FNO6S. The van der Waals surface area contributed by atoms with Crippen LogP contribution in [0, 0.1) is 5.82 Å². The van der Waals surface area contributed by atoms with Crippen LogP contribution in [0.4, 0.5) is 10.1 Å². The molecule has 0 atom stereocenters. The number of rotatable bonds is 8. The topological polar surface area (TPSA) is 112 Å². The van der Waals surface area contributed by atoms with Gasteiger partial charge < -0.3 is 10.2 Å². The third-order valence-corrected chi connectivity index (χ3v) is 5.38. The predicted octanol–water partition coefficient (Wildman–Crippen LogP) is 2.58. The summed E-state index contributed by atoms with van der Waals surface area (Å²) in [5.41, 5.74) is -0.330. The Morgan fingerprint density at radius 1 is 1.00 bits per heavy atom. The number of hydrogen-bond donors (Lipinski definition) is 2. The summed E-state index contributed by atoms with van der Waals surface area (Å²) >= 11 is 0. The zero-order chi connectivity index (χ0) is 19.3. The van der Waals surface area contributed by atoms with Crippen molar-refractivity contribution in [3.8, 4) is 0 Å². The summed E-state index contributed by atoms with van der Waals surface area (Å²) in [6.45, 7) is -0.240. The van der Waals surface area contributed by atoms with Crippen LogP contribution in [0.25, 0.3) is 0 Å². The van der Waals surface area contributed by atoms with E-state index in [-0.39, 0.29) is 35.5 Å². The van der Waals surface area contributed by atoms with Gasteiger partial charge >= 0.3 is 11.9 Å². The Bertz CT molecular complexity index is 911. The fraction of sp³-hybridized carbons (Fsp3) is 0.176. The second kappa shape index (κ2) is 7.96. The van der Waals surface area contributed by atoms with Crippen LogP contribution >= 0.6 is 0 Å². The fourth-order valence-corrected chi connectivity index (χ4v) is 3.87. The molecule has 0 aromatic heterocycles. The minimum absolute atomic E-state index is 0.0241. The van der Waals surface area contributed by atoms with E-state index < -0.39 is 27.8 Å². The molecule has 138 valence electrons. The van der Waals surface area contributed by atoms with E-state index in [9.17, 15) is 27.5 Å². The normalized spacial score (nSPS) is 11.1. The number of benzene rings is 2. The molecule has 2 aromatic rings.